The molecule has 24 heavy (non-hydrogen) atoms. The maximum atomic E-state index is 12.0. The van der Waals surface area contributed by atoms with Gasteiger partial charge in [0.1, 0.15) is 12.3 Å². The third-order valence-electron chi connectivity index (χ3n) is 3.06. The molecule has 0 aliphatic rings. The lowest BCUT2D eigenvalue weighted by Gasteiger charge is -2.09. The minimum atomic E-state index is -0.551. The number of aromatic nitrogens is 2. The number of methoxy groups -OCH3 is 1. The van der Waals surface area contributed by atoms with Crippen molar-refractivity contribution in [2.75, 3.05) is 18.2 Å². The predicted octanol–water partition coefficient (Wildman–Crippen LogP) is 0.600. The second-order valence-corrected chi connectivity index (χ2v) is 5.75. The Morgan fingerprint density at radius 3 is 2.92 bits per heavy atom. The van der Waals surface area contributed by atoms with Gasteiger partial charge >= 0.3 is 0 Å². The highest BCUT2D eigenvalue weighted by molar-refractivity contribution is 7.99. The van der Waals surface area contributed by atoms with Gasteiger partial charge in [-0.3, -0.25) is 9.59 Å². The van der Waals surface area contributed by atoms with Crippen molar-refractivity contribution in [3.8, 4) is 5.75 Å². The van der Waals surface area contributed by atoms with E-state index in [0.29, 0.717) is 22.3 Å². The second-order valence-electron chi connectivity index (χ2n) is 4.81. The molecule has 0 radical (unpaired) electrons. The number of amides is 2. The zero-order valence-corrected chi connectivity index (χ0v) is 13.9. The highest BCUT2D eigenvalue weighted by Crippen LogP contribution is 2.20. The van der Waals surface area contributed by atoms with E-state index in [9.17, 15) is 14.7 Å². The first-order valence-electron chi connectivity index (χ1n) is 7.03. The Morgan fingerprint density at radius 1 is 1.46 bits per heavy atom. The van der Waals surface area contributed by atoms with Gasteiger partial charge in [-0.25, -0.2) is 4.98 Å². The Balaban J connectivity index is 1.98. The molecule has 1 aromatic carbocycles. The molecule has 2 amide bonds. The van der Waals surface area contributed by atoms with Gasteiger partial charge in [0, 0.05) is 11.8 Å². The summed E-state index contributed by atoms with van der Waals surface area (Å²) in [4.78, 5) is 27.3. The summed E-state index contributed by atoms with van der Waals surface area (Å²) >= 11 is 1.15. The second kappa shape index (κ2) is 8.37. The van der Waals surface area contributed by atoms with Gasteiger partial charge in [0.05, 0.1) is 31.4 Å². The van der Waals surface area contributed by atoms with Crippen LogP contribution in [-0.2, 0) is 22.7 Å². The topological polar surface area (TPSA) is 119 Å². The van der Waals surface area contributed by atoms with E-state index in [2.05, 4.69) is 10.3 Å². The fraction of sp³-hybridized carbons (Fsp3) is 0.267. The highest BCUT2D eigenvalue weighted by Gasteiger charge is 2.13. The van der Waals surface area contributed by atoms with Crippen molar-refractivity contribution in [2.45, 2.75) is 18.3 Å². The minimum Gasteiger partial charge on any atom is -0.497 e. The fourth-order valence-corrected chi connectivity index (χ4v) is 2.78. The molecule has 1 aromatic heterocycles. The Bertz CT molecular complexity index is 732. The molecule has 1 heterocycles. The average molecular weight is 350 g/mol. The molecule has 2 aromatic rings. The highest BCUT2D eigenvalue weighted by atomic mass is 32.2. The first kappa shape index (κ1) is 17.8. The van der Waals surface area contributed by atoms with Crippen molar-refractivity contribution in [3.63, 3.8) is 0 Å². The number of imidazole rings is 1. The van der Waals surface area contributed by atoms with Crippen molar-refractivity contribution >= 4 is 29.3 Å². The molecule has 0 bridgehead atoms. The summed E-state index contributed by atoms with van der Waals surface area (Å²) in [5.74, 6) is -0.0412. The monoisotopic (exact) mass is 350 g/mol. The number of carbonyl (C=O) groups excluding carboxylic acids is 2. The van der Waals surface area contributed by atoms with Gasteiger partial charge in [-0.2, -0.15) is 0 Å². The van der Waals surface area contributed by atoms with Crippen LogP contribution in [0.2, 0.25) is 0 Å². The molecule has 0 fully saturated rings. The van der Waals surface area contributed by atoms with E-state index in [4.69, 9.17) is 10.5 Å². The SMILES string of the molecule is COc1cccc(NC(=O)CSc2ncc(CO)n2CC(N)=O)c1. The van der Waals surface area contributed by atoms with Gasteiger partial charge in [-0.15, -0.1) is 0 Å². The molecule has 0 spiro atoms. The number of nitrogens with zero attached hydrogens (tertiary/aromatic N) is 2. The Morgan fingerprint density at radius 2 is 2.25 bits per heavy atom. The number of primary amides is 1. The number of nitrogens with one attached hydrogen (secondary N) is 1. The largest absolute Gasteiger partial charge is 0.497 e. The van der Waals surface area contributed by atoms with Crippen LogP contribution in [0.15, 0.2) is 35.6 Å². The molecule has 4 N–H and O–H groups in total. The van der Waals surface area contributed by atoms with E-state index >= 15 is 0 Å². The molecular formula is C15H18N4O4S. The number of aliphatic hydroxyl groups excluding tert-OH is 1. The third-order valence-corrected chi connectivity index (χ3v) is 4.05. The van der Waals surface area contributed by atoms with Crippen LogP contribution in [0.4, 0.5) is 5.69 Å². The standard InChI is InChI=1S/C15H18N4O4S/c1-23-12-4-2-3-10(5-12)18-14(22)9-24-15-17-6-11(8-20)19(15)7-13(16)21/h2-6,20H,7-9H2,1H3,(H2,16,21)(H,18,22). The van der Waals surface area contributed by atoms with E-state index < -0.39 is 5.91 Å². The number of nitrogens with two attached hydrogens (primary N) is 1. The van der Waals surface area contributed by atoms with Crippen LogP contribution in [0.25, 0.3) is 0 Å². The summed E-state index contributed by atoms with van der Waals surface area (Å²) in [5.41, 5.74) is 6.28. The average Bonchev–Trinajstić information content (AvgIpc) is 2.94. The summed E-state index contributed by atoms with van der Waals surface area (Å²) in [7, 11) is 1.55. The van der Waals surface area contributed by atoms with Crippen molar-refractivity contribution < 1.29 is 19.4 Å². The molecule has 128 valence electrons. The van der Waals surface area contributed by atoms with Crippen LogP contribution in [0.5, 0.6) is 5.75 Å². The fourth-order valence-electron chi connectivity index (χ4n) is 1.99. The molecule has 9 heteroatoms. The van der Waals surface area contributed by atoms with E-state index in [0.717, 1.165) is 11.8 Å². The lowest BCUT2D eigenvalue weighted by atomic mass is 10.3. The molecule has 0 aliphatic heterocycles. The number of benzene rings is 1. The number of hydrogen-bond acceptors (Lipinski definition) is 6. The van der Waals surface area contributed by atoms with Crippen LogP contribution >= 0.6 is 11.8 Å². The molecule has 0 saturated heterocycles. The number of rotatable bonds is 8. The van der Waals surface area contributed by atoms with Gasteiger partial charge in [-0.1, -0.05) is 17.8 Å². The Labute approximate surface area is 143 Å². The van der Waals surface area contributed by atoms with Gasteiger partial charge in [0.25, 0.3) is 0 Å². The van der Waals surface area contributed by atoms with Crippen LogP contribution < -0.4 is 15.8 Å². The molecule has 8 nitrogen and oxygen atoms in total. The number of carbonyl (C=O) groups is 2. The van der Waals surface area contributed by atoms with E-state index in [-0.39, 0.29) is 24.8 Å². The van der Waals surface area contributed by atoms with Crippen LogP contribution in [0.3, 0.4) is 0 Å². The quantitative estimate of drug-likeness (QED) is 0.600. The van der Waals surface area contributed by atoms with Crippen molar-refractivity contribution in [1.82, 2.24) is 9.55 Å². The number of aliphatic hydroxyl groups is 1. The maximum absolute atomic E-state index is 12.0. The van der Waals surface area contributed by atoms with Gasteiger partial charge in [0.15, 0.2) is 5.16 Å². The van der Waals surface area contributed by atoms with E-state index in [1.54, 1.807) is 31.4 Å². The first-order valence-corrected chi connectivity index (χ1v) is 8.02. The summed E-state index contributed by atoms with van der Waals surface area (Å²) in [6, 6.07) is 7.01. The number of anilines is 1. The van der Waals surface area contributed by atoms with Crippen LogP contribution in [-0.4, -0.2) is 39.3 Å². The summed E-state index contributed by atoms with van der Waals surface area (Å²) in [6.07, 6.45) is 1.45. The first-order chi connectivity index (χ1) is 11.5. The van der Waals surface area contributed by atoms with Crippen molar-refractivity contribution in [3.05, 3.63) is 36.2 Å². The van der Waals surface area contributed by atoms with Crippen molar-refractivity contribution in [2.24, 2.45) is 5.73 Å². The Hall–Kier alpha value is -2.52. The van der Waals surface area contributed by atoms with Gasteiger partial charge in [-0.05, 0) is 12.1 Å². The number of hydrogen-bond donors (Lipinski definition) is 3. The number of thioether (sulfide) groups is 1. The van der Waals surface area contributed by atoms with Crippen molar-refractivity contribution in [1.29, 1.82) is 0 Å². The van der Waals surface area contributed by atoms with Gasteiger partial charge in [0.2, 0.25) is 11.8 Å². The predicted molar refractivity (Wildman–Crippen MR) is 89.7 cm³/mol. The molecule has 0 aliphatic carbocycles. The Kier molecular flexibility index (Phi) is 6.21. The van der Waals surface area contributed by atoms with Crippen LogP contribution in [0.1, 0.15) is 5.69 Å². The van der Waals surface area contributed by atoms with E-state index in [1.807, 2.05) is 0 Å². The van der Waals surface area contributed by atoms with Crippen LogP contribution in [0, 0.1) is 0 Å². The summed E-state index contributed by atoms with van der Waals surface area (Å²) < 4.78 is 6.59. The third kappa shape index (κ3) is 4.74. The summed E-state index contributed by atoms with van der Waals surface area (Å²) in [6.45, 7) is -0.368. The zero-order valence-electron chi connectivity index (χ0n) is 13.1. The smallest absolute Gasteiger partial charge is 0.237 e. The lowest BCUT2D eigenvalue weighted by Crippen LogP contribution is -2.21. The zero-order chi connectivity index (χ0) is 17.5. The normalized spacial score (nSPS) is 10.4. The minimum absolute atomic E-state index is 0.0951. The lowest BCUT2D eigenvalue weighted by molar-refractivity contribution is -0.118. The van der Waals surface area contributed by atoms with Gasteiger partial charge < -0.3 is 25.5 Å². The maximum Gasteiger partial charge on any atom is 0.237 e. The molecule has 0 unspecified atom stereocenters. The molecule has 0 atom stereocenters. The molecule has 0 saturated carbocycles. The molecular weight excluding hydrogens is 332 g/mol. The number of ether oxygens (including phenoxy) is 1. The summed E-state index contributed by atoms with van der Waals surface area (Å²) in [5, 5.41) is 12.4. The molecule has 2 rings (SSSR count). The van der Waals surface area contributed by atoms with E-state index in [1.165, 1.54) is 10.8 Å².